The van der Waals surface area contributed by atoms with Crippen LogP contribution in [0, 0.1) is 12.8 Å². The summed E-state index contributed by atoms with van der Waals surface area (Å²) >= 11 is 5.15. The van der Waals surface area contributed by atoms with Crippen LogP contribution in [-0.2, 0) is 6.42 Å². The predicted octanol–water partition coefficient (Wildman–Crippen LogP) is 3.41. The van der Waals surface area contributed by atoms with Gasteiger partial charge < -0.3 is 5.73 Å². The molecule has 2 aromatic heterocycles. The Hall–Kier alpha value is -0.780. The maximum Gasteiger partial charge on any atom is 0.129 e. The van der Waals surface area contributed by atoms with Crippen LogP contribution in [0.25, 0.3) is 10.6 Å². The molecule has 0 aromatic carbocycles. The van der Waals surface area contributed by atoms with Crippen LogP contribution in [-0.4, -0.2) is 16.5 Å². The van der Waals surface area contributed by atoms with Crippen molar-refractivity contribution < 1.29 is 0 Å². The average molecular weight is 326 g/mol. The van der Waals surface area contributed by atoms with Crippen LogP contribution in [0.1, 0.15) is 18.4 Å². The van der Waals surface area contributed by atoms with Gasteiger partial charge >= 0.3 is 0 Å². The summed E-state index contributed by atoms with van der Waals surface area (Å²) in [4.78, 5) is 10.3. The van der Waals surface area contributed by atoms with Gasteiger partial charge in [0, 0.05) is 22.0 Å². The second kappa shape index (κ2) is 5.91. The van der Waals surface area contributed by atoms with Crippen molar-refractivity contribution in [1.29, 1.82) is 0 Å². The SMILES string of the molecule is Cc1cc(-c2cc(Br)cs2)nc(CC(C)CN)n1. The minimum atomic E-state index is 0.412. The van der Waals surface area contributed by atoms with Crippen LogP contribution in [0.3, 0.4) is 0 Å². The Morgan fingerprint density at radius 1 is 1.39 bits per heavy atom. The number of aryl methyl sites for hydroxylation is 1. The van der Waals surface area contributed by atoms with Crippen LogP contribution < -0.4 is 5.73 Å². The highest BCUT2D eigenvalue weighted by molar-refractivity contribution is 9.10. The lowest BCUT2D eigenvalue weighted by Gasteiger charge is -2.08. The molecule has 0 aliphatic carbocycles. The van der Waals surface area contributed by atoms with E-state index in [0.29, 0.717) is 12.5 Å². The Labute approximate surface area is 120 Å². The van der Waals surface area contributed by atoms with Crippen molar-refractivity contribution in [2.24, 2.45) is 11.7 Å². The molecule has 2 N–H and O–H groups in total. The molecule has 5 heteroatoms. The topological polar surface area (TPSA) is 51.8 Å². The van der Waals surface area contributed by atoms with Crippen LogP contribution >= 0.6 is 27.3 Å². The Balaban J connectivity index is 2.32. The van der Waals surface area contributed by atoms with E-state index in [-0.39, 0.29) is 0 Å². The molecule has 0 bridgehead atoms. The Morgan fingerprint density at radius 3 is 2.78 bits per heavy atom. The molecule has 0 amide bonds. The molecular weight excluding hydrogens is 310 g/mol. The first kappa shape index (κ1) is 13.6. The molecular formula is C13H16BrN3S. The van der Waals surface area contributed by atoms with E-state index in [1.165, 1.54) is 0 Å². The number of thiophene rings is 1. The van der Waals surface area contributed by atoms with E-state index >= 15 is 0 Å². The molecule has 1 atom stereocenters. The van der Waals surface area contributed by atoms with E-state index in [2.05, 4.69) is 44.3 Å². The van der Waals surface area contributed by atoms with Gasteiger partial charge in [0.15, 0.2) is 0 Å². The van der Waals surface area contributed by atoms with Crippen molar-refractivity contribution in [1.82, 2.24) is 9.97 Å². The van der Waals surface area contributed by atoms with Gasteiger partial charge in [0.1, 0.15) is 5.82 Å². The lowest BCUT2D eigenvalue weighted by Crippen LogP contribution is -2.15. The summed E-state index contributed by atoms with van der Waals surface area (Å²) in [6.45, 7) is 4.79. The number of rotatable bonds is 4. The van der Waals surface area contributed by atoms with Gasteiger partial charge in [0.25, 0.3) is 0 Å². The molecule has 1 unspecified atom stereocenters. The Morgan fingerprint density at radius 2 is 2.17 bits per heavy atom. The molecule has 2 heterocycles. The number of nitrogens with two attached hydrogens (primary N) is 1. The van der Waals surface area contributed by atoms with Crippen molar-refractivity contribution in [3.63, 3.8) is 0 Å². The summed E-state index contributed by atoms with van der Waals surface area (Å²) in [5.41, 5.74) is 7.65. The van der Waals surface area contributed by atoms with E-state index in [1.54, 1.807) is 11.3 Å². The molecule has 0 aliphatic rings. The molecule has 96 valence electrons. The second-order valence-corrected chi connectivity index (χ2v) is 6.31. The minimum absolute atomic E-state index is 0.412. The van der Waals surface area contributed by atoms with Crippen molar-refractivity contribution in [3.05, 3.63) is 33.5 Å². The van der Waals surface area contributed by atoms with E-state index in [0.717, 1.165) is 33.0 Å². The van der Waals surface area contributed by atoms with Crippen LogP contribution in [0.4, 0.5) is 0 Å². The third-order valence-electron chi connectivity index (χ3n) is 2.65. The van der Waals surface area contributed by atoms with Gasteiger partial charge in [-0.05, 0) is 47.4 Å². The van der Waals surface area contributed by atoms with Gasteiger partial charge in [0.05, 0.1) is 10.6 Å². The van der Waals surface area contributed by atoms with E-state index in [9.17, 15) is 0 Å². The monoisotopic (exact) mass is 325 g/mol. The molecule has 2 rings (SSSR count). The number of aromatic nitrogens is 2. The first-order chi connectivity index (χ1) is 8.58. The number of nitrogens with zero attached hydrogens (tertiary/aromatic N) is 2. The zero-order valence-electron chi connectivity index (χ0n) is 10.5. The molecule has 0 saturated heterocycles. The fourth-order valence-corrected chi connectivity index (χ4v) is 3.08. The molecule has 2 aromatic rings. The lowest BCUT2D eigenvalue weighted by molar-refractivity contribution is 0.573. The van der Waals surface area contributed by atoms with Gasteiger partial charge in [-0.1, -0.05) is 6.92 Å². The van der Waals surface area contributed by atoms with E-state index < -0.39 is 0 Å². The van der Waals surface area contributed by atoms with Gasteiger partial charge in [-0.15, -0.1) is 11.3 Å². The number of hydrogen-bond acceptors (Lipinski definition) is 4. The molecule has 0 aliphatic heterocycles. The molecule has 0 radical (unpaired) electrons. The normalized spacial score (nSPS) is 12.7. The van der Waals surface area contributed by atoms with E-state index in [4.69, 9.17) is 5.73 Å². The summed E-state index contributed by atoms with van der Waals surface area (Å²) in [6.07, 6.45) is 0.831. The van der Waals surface area contributed by atoms with Crippen molar-refractivity contribution >= 4 is 27.3 Å². The van der Waals surface area contributed by atoms with Gasteiger partial charge in [-0.3, -0.25) is 0 Å². The highest BCUT2D eigenvalue weighted by atomic mass is 79.9. The predicted molar refractivity (Wildman–Crippen MR) is 79.7 cm³/mol. The summed E-state index contributed by atoms with van der Waals surface area (Å²) in [6, 6.07) is 4.11. The summed E-state index contributed by atoms with van der Waals surface area (Å²) < 4.78 is 1.09. The quantitative estimate of drug-likeness (QED) is 0.937. The summed E-state index contributed by atoms with van der Waals surface area (Å²) in [7, 11) is 0. The zero-order valence-corrected chi connectivity index (χ0v) is 12.9. The standard InChI is InChI=1S/C13H16BrN3S/c1-8(6-15)3-13-16-9(2)4-11(17-13)12-5-10(14)7-18-12/h4-5,7-8H,3,6,15H2,1-2H3. The zero-order chi connectivity index (χ0) is 13.1. The third-order valence-corrected chi connectivity index (χ3v) is 4.37. The number of hydrogen-bond donors (Lipinski definition) is 1. The maximum atomic E-state index is 5.65. The van der Waals surface area contributed by atoms with Gasteiger partial charge in [0.2, 0.25) is 0 Å². The lowest BCUT2D eigenvalue weighted by atomic mass is 10.1. The first-order valence-corrected chi connectivity index (χ1v) is 7.54. The molecule has 0 fully saturated rings. The first-order valence-electron chi connectivity index (χ1n) is 5.87. The fourth-order valence-electron chi connectivity index (χ4n) is 1.69. The fraction of sp³-hybridized carbons (Fsp3) is 0.385. The van der Waals surface area contributed by atoms with Crippen LogP contribution in [0.5, 0.6) is 0 Å². The molecule has 3 nitrogen and oxygen atoms in total. The van der Waals surface area contributed by atoms with Crippen molar-refractivity contribution in [2.75, 3.05) is 6.54 Å². The molecule has 0 spiro atoms. The summed E-state index contributed by atoms with van der Waals surface area (Å²) in [5.74, 6) is 1.29. The van der Waals surface area contributed by atoms with E-state index in [1.807, 2.05) is 13.0 Å². The minimum Gasteiger partial charge on any atom is -0.330 e. The smallest absolute Gasteiger partial charge is 0.129 e. The van der Waals surface area contributed by atoms with Crippen molar-refractivity contribution in [3.8, 4) is 10.6 Å². The summed E-state index contributed by atoms with van der Waals surface area (Å²) in [5, 5.41) is 2.06. The highest BCUT2D eigenvalue weighted by Gasteiger charge is 2.09. The van der Waals surface area contributed by atoms with Gasteiger partial charge in [-0.25, -0.2) is 9.97 Å². The second-order valence-electron chi connectivity index (χ2n) is 4.48. The van der Waals surface area contributed by atoms with Crippen LogP contribution in [0.15, 0.2) is 22.0 Å². The maximum absolute atomic E-state index is 5.65. The molecule has 0 saturated carbocycles. The average Bonchev–Trinajstić information content (AvgIpc) is 2.75. The number of halogens is 1. The van der Waals surface area contributed by atoms with Crippen molar-refractivity contribution in [2.45, 2.75) is 20.3 Å². The van der Waals surface area contributed by atoms with Gasteiger partial charge in [-0.2, -0.15) is 0 Å². The van der Waals surface area contributed by atoms with Crippen LogP contribution in [0.2, 0.25) is 0 Å². The Kier molecular flexibility index (Phi) is 4.48. The largest absolute Gasteiger partial charge is 0.330 e. The molecule has 18 heavy (non-hydrogen) atoms. The Bertz CT molecular complexity index is 539. The third kappa shape index (κ3) is 3.37. The highest BCUT2D eigenvalue weighted by Crippen LogP contribution is 2.29.